The monoisotopic (exact) mass is 464 g/mol. The molecule has 2 aromatic rings. The summed E-state index contributed by atoms with van der Waals surface area (Å²) in [5, 5.41) is 33.8. The normalized spacial score (nSPS) is 14.1. The van der Waals surface area contributed by atoms with Gasteiger partial charge in [0.25, 0.3) is 5.91 Å². The molecule has 2 aromatic carbocycles. The zero-order valence-electron chi connectivity index (χ0n) is 20.6. The van der Waals surface area contributed by atoms with Gasteiger partial charge in [-0.05, 0) is 64.5 Å². The molecule has 6 heteroatoms. The van der Waals surface area contributed by atoms with Gasteiger partial charge in [-0.3, -0.25) is 4.79 Å². The number of rotatable bonds is 9. The van der Waals surface area contributed by atoms with E-state index in [4.69, 9.17) is 0 Å². The largest absolute Gasteiger partial charge is 0.508 e. The van der Waals surface area contributed by atoms with Crippen molar-refractivity contribution in [3.05, 3.63) is 59.2 Å². The molecule has 0 aromatic heterocycles. The van der Waals surface area contributed by atoms with E-state index in [0.717, 1.165) is 25.7 Å². The van der Waals surface area contributed by atoms with E-state index in [9.17, 15) is 20.1 Å². The molecule has 1 amide bonds. The molecule has 0 radical (unpaired) electrons. The predicted molar refractivity (Wildman–Crippen MR) is 138 cm³/mol. The van der Waals surface area contributed by atoms with Crippen LogP contribution in [0.5, 0.6) is 17.2 Å². The number of phenolic OH excluding ortho intramolecular Hbond substituents is 3. The van der Waals surface area contributed by atoms with Crippen LogP contribution < -0.4 is 10.2 Å². The Hall–Kier alpha value is -3.41. The van der Waals surface area contributed by atoms with Crippen LogP contribution in [0, 0.1) is 5.92 Å². The maximum Gasteiger partial charge on any atom is 0.260 e. The lowest BCUT2D eigenvalue weighted by Gasteiger charge is -2.22. The van der Waals surface area contributed by atoms with Gasteiger partial charge in [0.05, 0.1) is 16.9 Å². The third kappa shape index (κ3) is 6.13. The second-order valence-electron chi connectivity index (χ2n) is 9.51. The number of carbonyl (C=O) groups excluding carboxylic acids is 1. The second kappa shape index (κ2) is 11.1. The molecule has 182 valence electrons. The minimum atomic E-state index is -0.320. The van der Waals surface area contributed by atoms with Crippen LogP contribution in [-0.2, 0) is 0 Å². The standard InChI is InChI=1S/C28H36N2O4/c1-18(2)8-5-9-19(3)10-6-11-20(4)14-15-30-23-16-21(31)17-25(33)27(23)29-26-22(28(30)34)12-7-13-24(26)32/h7-8,12-14,16-17,19,29,31-33H,5-6,9-11,15H2,1-4H3/b20-14+. The van der Waals surface area contributed by atoms with Crippen LogP contribution in [0.1, 0.15) is 70.2 Å². The number of aromatic hydroxyl groups is 3. The Kier molecular flexibility index (Phi) is 8.26. The number of nitrogens with zero attached hydrogens (tertiary/aromatic N) is 1. The molecule has 34 heavy (non-hydrogen) atoms. The van der Waals surface area contributed by atoms with Crippen LogP contribution in [0.3, 0.4) is 0 Å². The highest BCUT2D eigenvalue weighted by molar-refractivity contribution is 6.15. The van der Waals surface area contributed by atoms with Gasteiger partial charge in [-0.15, -0.1) is 0 Å². The Balaban J connectivity index is 1.75. The Bertz CT molecular complexity index is 1100. The number of anilines is 3. The van der Waals surface area contributed by atoms with E-state index in [0.29, 0.717) is 17.2 Å². The first kappa shape index (κ1) is 25.2. The number of hydrogen-bond donors (Lipinski definition) is 4. The number of amides is 1. The summed E-state index contributed by atoms with van der Waals surface area (Å²) in [7, 11) is 0. The van der Waals surface area contributed by atoms with Crippen LogP contribution >= 0.6 is 0 Å². The highest BCUT2D eigenvalue weighted by Crippen LogP contribution is 2.45. The van der Waals surface area contributed by atoms with Crippen LogP contribution in [-0.4, -0.2) is 27.8 Å². The molecule has 4 N–H and O–H groups in total. The highest BCUT2D eigenvalue weighted by atomic mass is 16.3. The summed E-state index contributed by atoms with van der Waals surface area (Å²) in [5.41, 5.74) is 3.71. The van der Waals surface area contributed by atoms with Crippen molar-refractivity contribution in [1.82, 2.24) is 0 Å². The number of para-hydroxylation sites is 1. The minimum absolute atomic E-state index is 0.0865. The van der Waals surface area contributed by atoms with Gasteiger partial charge in [0.1, 0.15) is 22.9 Å². The summed E-state index contributed by atoms with van der Waals surface area (Å²) >= 11 is 0. The minimum Gasteiger partial charge on any atom is -0.508 e. The Morgan fingerprint density at radius 2 is 1.79 bits per heavy atom. The average molecular weight is 465 g/mol. The van der Waals surface area contributed by atoms with Crippen molar-refractivity contribution in [3.63, 3.8) is 0 Å². The number of carbonyl (C=O) groups is 1. The molecular weight excluding hydrogens is 428 g/mol. The number of phenols is 3. The smallest absolute Gasteiger partial charge is 0.260 e. The van der Waals surface area contributed by atoms with Crippen molar-refractivity contribution in [2.45, 2.75) is 59.8 Å². The first-order valence-corrected chi connectivity index (χ1v) is 11.9. The van der Waals surface area contributed by atoms with Gasteiger partial charge in [-0.2, -0.15) is 0 Å². The quantitative estimate of drug-likeness (QED) is 0.182. The summed E-state index contributed by atoms with van der Waals surface area (Å²) in [6.07, 6.45) is 9.82. The van der Waals surface area contributed by atoms with Crippen LogP contribution in [0.2, 0.25) is 0 Å². The Labute approximate surface area is 202 Å². The maximum atomic E-state index is 13.4. The fourth-order valence-corrected chi connectivity index (χ4v) is 4.23. The van der Waals surface area contributed by atoms with E-state index in [-0.39, 0.29) is 41.1 Å². The van der Waals surface area contributed by atoms with E-state index < -0.39 is 0 Å². The molecule has 3 rings (SSSR count). The molecular formula is C28H36N2O4. The average Bonchev–Trinajstić information content (AvgIpc) is 2.87. The van der Waals surface area contributed by atoms with E-state index >= 15 is 0 Å². The molecule has 0 saturated heterocycles. The van der Waals surface area contributed by atoms with Gasteiger partial charge in [-0.1, -0.05) is 42.7 Å². The number of fused-ring (bicyclic) bond motifs is 2. The van der Waals surface area contributed by atoms with Crippen molar-refractivity contribution >= 4 is 23.0 Å². The van der Waals surface area contributed by atoms with Crippen molar-refractivity contribution in [3.8, 4) is 17.2 Å². The Morgan fingerprint density at radius 3 is 2.53 bits per heavy atom. The summed E-state index contributed by atoms with van der Waals surface area (Å²) in [5.74, 6) is -0.0835. The molecule has 6 nitrogen and oxygen atoms in total. The zero-order chi connectivity index (χ0) is 24.8. The number of hydrogen-bond acceptors (Lipinski definition) is 5. The first-order chi connectivity index (χ1) is 16.2. The maximum absolute atomic E-state index is 13.4. The third-order valence-corrected chi connectivity index (χ3v) is 6.24. The van der Waals surface area contributed by atoms with Gasteiger partial charge in [0.15, 0.2) is 0 Å². The molecule has 0 spiro atoms. The van der Waals surface area contributed by atoms with Gasteiger partial charge >= 0.3 is 0 Å². The molecule has 0 fully saturated rings. The third-order valence-electron chi connectivity index (χ3n) is 6.24. The SMILES string of the molecule is CC(C)=CCCC(C)CCC/C(C)=C/CN1C(=O)c2cccc(O)c2Nc2c(O)cc(O)cc21. The fraction of sp³-hybridized carbons (Fsp3) is 0.393. The van der Waals surface area contributed by atoms with Crippen LogP contribution in [0.4, 0.5) is 17.1 Å². The summed E-state index contributed by atoms with van der Waals surface area (Å²) in [6.45, 7) is 8.91. The molecule has 1 aliphatic heterocycles. The lowest BCUT2D eigenvalue weighted by molar-refractivity contribution is 0.0991. The van der Waals surface area contributed by atoms with Crippen LogP contribution in [0.15, 0.2) is 53.6 Å². The highest BCUT2D eigenvalue weighted by Gasteiger charge is 2.29. The molecule has 0 aliphatic carbocycles. The van der Waals surface area contributed by atoms with Crippen molar-refractivity contribution in [1.29, 1.82) is 0 Å². The van der Waals surface area contributed by atoms with E-state index in [1.54, 1.807) is 12.1 Å². The number of allylic oxidation sites excluding steroid dienone is 3. The zero-order valence-corrected chi connectivity index (χ0v) is 20.6. The van der Waals surface area contributed by atoms with Gasteiger partial charge in [0, 0.05) is 18.7 Å². The van der Waals surface area contributed by atoms with E-state index in [1.165, 1.54) is 40.7 Å². The van der Waals surface area contributed by atoms with Gasteiger partial charge in [-0.25, -0.2) is 0 Å². The van der Waals surface area contributed by atoms with Gasteiger partial charge < -0.3 is 25.5 Å². The van der Waals surface area contributed by atoms with Crippen molar-refractivity contribution < 1.29 is 20.1 Å². The predicted octanol–water partition coefficient (Wildman–Crippen LogP) is 7.01. The lowest BCUT2D eigenvalue weighted by atomic mass is 9.97. The summed E-state index contributed by atoms with van der Waals surface area (Å²) < 4.78 is 0. The molecule has 0 bridgehead atoms. The molecule has 1 atom stereocenters. The van der Waals surface area contributed by atoms with E-state index in [1.807, 2.05) is 6.08 Å². The second-order valence-corrected chi connectivity index (χ2v) is 9.51. The summed E-state index contributed by atoms with van der Waals surface area (Å²) in [4.78, 5) is 14.9. The molecule has 0 saturated carbocycles. The van der Waals surface area contributed by atoms with E-state index in [2.05, 4.69) is 39.1 Å². The summed E-state index contributed by atoms with van der Waals surface area (Å²) in [6, 6.07) is 7.38. The van der Waals surface area contributed by atoms with Crippen LogP contribution in [0.25, 0.3) is 0 Å². The topological polar surface area (TPSA) is 93.0 Å². The molecule has 1 heterocycles. The van der Waals surface area contributed by atoms with Gasteiger partial charge in [0.2, 0.25) is 0 Å². The van der Waals surface area contributed by atoms with Crippen molar-refractivity contribution in [2.24, 2.45) is 5.92 Å². The number of nitrogens with one attached hydrogen (secondary N) is 1. The fourth-order valence-electron chi connectivity index (χ4n) is 4.23. The number of benzene rings is 2. The Morgan fingerprint density at radius 1 is 1.03 bits per heavy atom. The first-order valence-electron chi connectivity index (χ1n) is 11.9. The molecule has 1 unspecified atom stereocenters. The lowest BCUT2D eigenvalue weighted by Crippen LogP contribution is -2.30. The van der Waals surface area contributed by atoms with Crippen molar-refractivity contribution in [2.75, 3.05) is 16.8 Å². The molecule has 1 aliphatic rings.